The highest BCUT2D eigenvalue weighted by Crippen LogP contribution is 2.18. The van der Waals surface area contributed by atoms with Crippen molar-refractivity contribution in [3.05, 3.63) is 53.5 Å². The maximum Gasteiger partial charge on any atom is 0.284 e. The topological polar surface area (TPSA) is 87.1 Å². The van der Waals surface area contributed by atoms with E-state index in [2.05, 4.69) is 58.2 Å². The Morgan fingerprint density at radius 1 is 1.21 bits per heavy atom. The van der Waals surface area contributed by atoms with Crippen molar-refractivity contribution < 1.29 is 9.21 Å². The highest BCUT2D eigenvalue weighted by Gasteiger charge is 2.20. The van der Waals surface area contributed by atoms with E-state index in [4.69, 9.17) is 10.2 Å². The maximum atomic E-state index is 11.1. The van der Waals surface area contributed by atoms with Crippen LogP contribution in [0.2, 0.25) is 0 Å². The number of furan rings is 1. The number of halogens is 1. The Hall–Kier alpha value is -2.23. The number of aliphatic imine (C=N–C) groups is 1. The number of nitrogens with zero attached hydrogens (tertiary/aromatic N) is 3. The third-order valence-corrected chi connectivity index (χ3v) is 4.57. The summed E-state index contributed by atoms with van der Waals surface area (Å²) in [4.78, 5) is 20.5. The number of piperazine rings is 1. The van der Waals surface area contributed by atoms with Crippen LogP contribution in [0.3, 0.4) is 0 Å². The van der Waals surface area contributed by atoms with Crippen molar-refractivity contribution in [1.82, 2.24) is 10.2 Å². The van der Waals surface area contributed by atoms with Crippen LogP contribution >= 0.6 is 24.0 Å². The monoisotopic (exact) mass is 497 g/mol. The molecule has 1 amide bonds. The number of guanidine groups is 1. The molecule has 0 saturated carbocycles. The molecule has 2 aromatic rings. The Bertz CT molecular complexity index is 812. The molecule has 152 valence electrons. The van der Waals surface area contributed by atoms with Crippen LogP contribution in [-0.4, -0.2) is 49.5 Å². The minimum atomic E-state index is -0.565. The third-order valence-electron chi connectivity index (χ3n) is 4.57. The zero-order valence-electron chi connectivity index (χ0n) is 16.4. The quantitative estimate of drug-likeness (QED) is 0.377. The van der Waals surface area contributed by atoms with Gasteiger partial charge in [0.2, 0.25) is 0 Å². The fourth-order valence-corrected chi connectivity index (χ4v) is 3.18. The molecule has 3 N–H and O–H groups in total. The number of aryl methyl sites for hydroxylation is 1. The van der Waals surface area contributed by atoms with Crippen molar-refractivity contribution in [2.45, 2.75) is 20.4 Å². The Balaban J connectivity index is 0.00000280. The van der Waals surface area contributed by atoms with E-state index in [0.29, 0.717) is 12.3 Å². The largest absolute Gasteiger partial charge is 0.454 e. The number of amides is 1. The van der Waals surface area contributed by atoms with Gasteiger partial charge in [0.15, 0.2) is 11.7 Å². The van der Waals surface area contributed by atoms with E-state index < -0.39 is 5.91 Å². The zero-order valence-corrected chi connectivity index (χ0v) is 18.7. The van der Waals surface area contributed by atoms with E-state index in [9.17, 15) is 4.79 Å². The summed E-state index contributed by atoms with van der Waals surface area (Å²) >= 11 is 0. The van der Waals surface area contributed by atoms with Crippen LogP contribution in [0, 0.1) is 6.92 Å². The number of primary amides is 1. The number of hydrogen-bond acceptors (Lipinski definition) is 4. The van der Waals surface area contributed by atoms with E-state index in [1.54, 1.807) is 12.1 Å². The number of hydrogen-bond donors (Lipinski definition) is 2. The van der Waals surface area contributed by atoms with Gasteiger partial charge >= 0.3 is 0 Å². The summed E-state index contributed by atoms with van der Waals surface area (Å²) in [6.07, 6.45) is 0. The molecule has 3 rings (SSSR count). The molecule has 2 heterocycles. The van der Waals surface area contributed by atoms with Gasteiger partial charge in [-0.05, 0) is 43.7 Å². The maximum absolute atomic E-state index is 11.1. The second-order valence-corrected chi connectivity index (χ2v) is 6.61. The van der Waals surface area contributed by atoms with Gasteiger partial charge in [0, 0.05) is 38.4 Å². The summed E-state index contributed by atoms with van der Waals surface area (Å²) in [7, 11) is 0. The van der Waals surface area contributed by atoms with Crippen molar-refractivity contribution in [3.8, 4) is 0 Å². The molecule has 0 radical (unpaired) electrons. The number of carbonyl (C=O) groups is 1. The van der Waals surface area contributed by atoms with Gasteiger partial charge in [-0.2, -0.15) is 0 Å². The number of anilines is 1. The average molecular weight is 497 g/mol. The fourth-order valence-electron chi connectivity index (χ4n) is 3.18. The summed E-state index contributed by atoms with van der Waals surface area (Å²) < 4.78 is 5.41. The molecular weight excluding hydrogens is 469 g/mol. The highest BCUT2D eigenvalue weighted by molar-refractivity contribution is 14.0. The van der Waals surface area contributed by atoms with Crippen molar-refractivity contribution >= 4 is 41.5 Å². The first-order valence-corrected chi connectivity index (χ1v) is 9.30. The van der Waals surface area contributed by atoms with Gasteiger partial charge < -0.3 is 25.3 Å². The molecule has 28 heavy (non-hydrogen) atoms. The Morgan fingerprint density at radius 2 is 1.96 bits per heavy atom. The van der Waals surface area contributed by atoms with E-state index in [0.717, 1.165) is 38.7 Å². The van der Waals surface area contributed by atoms with Gasteiger partial charge in [0.05, 0.1) is 0 Å². The number of nitrogens with two attached hydrogens (primary N) is 1. The second-order valence-electron chi connectivity index (χ2n) is 6.61. The van der Waals surface area contributed by atoms with Crippen LogP contribution < -0.4 is 16.0 Å². The van der Waals surface area contributed by atoms with Gasteiger partial charge in [-0.25, -0.2) is 4.99 Å². The Labute approximate surface area is 183 Å². The van der Waals surface area contributed by atoms with Gasteiger partial charge in [-0.1, -0.05) is 12.1 Å². The molecule has 0 spiro atoms. The van der Waals surface area contributed by atoms with Gasteiger partial charge in [-0.3, -0.25) is 4.79 Å². The smallest absolute Gasteiger partial charge is 0.284 e. The molecule has 1 saturated heterocycles. The highest BCUT2D eigenvalue weighted by atomic mass is 127. The molecule has 0 bridgehead atoms. The SMILES string of the molecule is CCNC(=NCc1ccc(C(N)=O)o1)N1CCN(c2cccc(C)c2)CC1.I. The molecule has 0 aliphatic carbocycles. The van der Waals surface area contributed by atoms with E-state index in [1.807, 2.05) is 0 Å². The van der Waals surface area contributed by atoms with E-state index in [-0.39, 0.29) is 29.7 Å². The lowest BCUT2D eigenvalue weighted by molar-refractivity contribution is 0.0972. The summed E-state index contributed by atoms with van der Waals surface area (Å²) in [5.41, 5.74) is 7.77. The van der Waals surface area contributed by atoms with Crippen molar-refractivity contribution in [2.75, 3.05) is 37.6 Å². The summed E-state index contributed by atoms with van der Waals surface area (Å²) in [6.45, 7) is 9.01. The molecule has 1 fully saturated rings. The van der Waals surface area contributed by atoms with Crippen molar-refractivity contribution in [2.24, 2.45) is 10.7 Å². The van der Waals surface area contributed by atoms with E-state index in [1.165, 1.54) is 11.3 Å². The minimum absolute atomic E-state index is 0. The lowest BCUT2D eigenvalue weighted by atomic mass is 10.2. The van der Waals surface area contributed by atoms with Gasteiger partial charge in [0.1, 0.15) is 12.3 Å². The summed E-state index contributed by atoms with van der Waals surface area (Å²) in [6, 6.07) is 11.9. The Morgan fingerprint density at radius 3 is 2.57 bits per heavy atom. The van der Waals surface area contributed by atoms with Crippen LogP contribution in [-0.2, 0) is 6.54 Å². The van der Waals surface area contributed by atoms with Gasteiger partial charge in [0.25, 0.3) is 5.91 Å². The lowest BCUT2D eigenvalue weighted by Crippen LogP contribution is -2.52. The van der Waals surface area contributed by atoms with Crippen LogP contribution in [0.25, 0.3) is 0 Å². The van der Waals surface area contributed by atoms with Crippen LogP contribution in [0.4, 0.5) is 5.69 Å². The minimum Gasteiger partial charge on any atom is -0.454 e. The molecule has 0 atom stereocenters. The third kappa shape index (κ3) is 5.63. The summed E-state index contributed by atoms with van der Waals surface area (Å²) in [5.74, 6) is 1.08. The molecular formula is C20H28IN5O2. The first-order valence-electron chi connectivity index (χ1n) is 9.30. The predicted octanol–water partition coefficient (Wildman–Crippen LogP) is 2.59. The summed E-state index contributed by atoms with van der Waals surface area (Å²) in [5, 5.41) is 3.34. The van der Waals surface area contributed by atoms with E-state index >= 15 is 0 Å². The lowest BCUT2D eigenvalue weighted by Gasteiger charge is -2.37. The molecule has 8 heteroatoms. The van der Waals surface area contributed by atoms with Crippen LogP contribution in [0.15, 0.2) is 45.8 Å². The van der Waals surface area contributed by atoms with Crippen molar-refractivity contribution in [1.29, 1.82) is 0 Å². The second kappa shape index (κ2) is 10.4. The molecule has 7 nitrogen and oxygen atoms in total. The van der Waals surface area contributed by atoms with Gasteiger partial charge in [-0.15, -0.1) is 24.0 Å². The van der Waals surface area contributed by atoms with Crippen LogP contribution in [0.5, 0.6) is 0 Å². The number of carbonyl (C=O) groups excluding carboxylic acids is 1. The first kappa shape index (κ1) is 22.1. The molecule has 1 aliphatic heterocycles. The van der Waals surface area contributed by atoms with Crippen LogP contribution in [0.1, 0.15) is 28.8 Å². The molecule has 0 unspecified atom stereocenters. The number of benzene rings is 1. The predicted molar refractivity (Wildman–Crippen MR) is 122 cm³/mol. The number of nitrogens with one attached hydrogen (secondary N) is 1. The molecule has 1 aromatic carbocycles. The fraction of sp³-hybridized carbons (Fsp3) is 0.400. The van der Waals surface area contributed by atoms with Crippen molar-refractivity contribution in [3.63, 3.8) is 0 Å². The average Bonchev–Trinajstić information content (AvgIpc) is 3.15. The molecule has 1 aromatic heterocycles. The first-order chi connectivity index (χ1) is 13.1. The molecule has 1 aliphatic rings. The Kier molecular flexibility index (Phi) is 8.16. The normalized spacial score (nSPS) is 14.6. The standard InChI is InChI=1S/C20H27N5O2.HI/c1-3-22-20(23-14-17-7-8-18(27-17)19(21)26)25-11-9-24(10-12-25)16-6-4-5-15(2)13-16;/h4-8,13H,3,9-12,14H2,1-2H3,(H2,21,26)(H,22,23);1H. The zero-order chi connectivity index (χ0) is 19.2. The number of rotatable bonds is 5.